The summed E-state index contributed by atoms with van der Waals surface area (Å²) in [4.78, 5) is 30.1. The summed E-state index contributed by atoms with van der Waals surface area (Å²) in [5, 5.41) is 7.97. The third-order valence-electron chi connectivity index (χ3n) is 4.74. The van der Waals surface area contributed by atoms with Crippen molar-refractivity contribution in [1.29, 1.82) is 0 Å². The average molecular weight is 379 g/mol. The fourth-order valence-corrected chi connectivity index (χ4v) is 4.19. The summed E-state index contributed by atoms with van der Waals surface area (Å²) in [6.07, 6.45) is 2.50. The Morgan fingerprint density at radius 3 is 2.85 bits per heavy atom. The van der Waals surface area contributed by atoms with Crippen molar-refractivity contribution in [3.8, 4) is 0 Å². The minimum Gasteiger partial charge on any atom is -0.355 e. The fourth-order valence-electron chi connectivity index (χ4n) is 3.32. The van der Waals surface area contributed by atoms with E-state index < -0.39 is 0 Å². The molecule has 0 atom stereocenters. The smallest absolute Gasteiger partial charge is 0.228 e. The van der Waals surface area contributed by atoms with Gasteiger partial charge in [0, 0.05) is 24.9 Å². The van der Waals surface area contributed by atoms with Crippen LogP contribution in [0.4, 0.5) is 5.13 Å². The van der Waals surface area contributed by atoms with Crippen LogP contribution >= 0.6 is 11.3 Å². The molecule has 4 rings (SSSR count). The maximum absolute atomic E-state index is 12.2. The van der Waals surface area contributed by atoms with Gasteiger partial charge in [0.2, 0.25) is 11.8 Å². The van der Waals surface area contributed by atoms with Gasteiger partial charge in [-0.3, -0.25) is 14.5 Å². The Morgan fingerprint density at radius 1 is 1.19 bits per heavy atom. The molecule has 1 saturated heterocycles. The maximum atomic E-state index is 12.2. The summed E-state index contributed by atoms with van der Waals surface area (Å²) in [5.41, 5.74) is 1.93. The van der Waals surface area contributed by atoms with Crippen LogP contribution in [-0.2, 0) is 22.4 Å². The quantitative estimate of drug-likeness (QED) is 0.715. The molecule has 3 aromatic rings. The lowest BCUT2D eigenvalue weighted by Gasteiger charge is -2.10. The van der Waals surface area contributed by atoms with Crippen molar-refractivity contribution in [1.82, 2.24) is 10.3 Å². The highest BCUT2D eigenvalue weighted by molar-refractivity contribution is 7.14. The molecule has 5 nitrogen and oxygen atoms in total. The second kappa shape index (κ2) is 7.88. The number of carbonyl (C=O) groups excluding carboxylic acids is 2. The summed E-state index contributed by atoms with van der Waals surface area (Å²) < 4.78 is 0. The summed E-state index contributed by atoms with van der Waals surface area (Å²) >= 11 is 1.43. The molecule has 0 unspecified atom stereocenters. The predicted octanol–water partition coefficient (Wildman–Crippen LogP) is 3.32. The highest BCUT2D eigenvalue weighted by atomic mass is 32.1. The SMILES string of the molecule is O=C(Cc1csc(N2CCCC2=O)n1)NCCc1ccc2ccccc2c1. The van der Waals surface area contributed by atoms with Gasteiger partial charge in [0.15, 0.2) is 5.13 Å². The average Bonchev–Trinajstić information content (AvgIpc) is 3.30. The molecule has 27 heavy (non-hydrogen) atoms. The minimum absolute atomic E-state index is 0.0413. The summed E-state index contributed by atoms with van der Waals surface area (Å²) in [6.45, 7) is 1.32. The molecular weight excluding hydrogens is 358 g/mol. The van der Waals surface area contributed by atoms with Gasteiger partial charge in [0.05, 0.1) is 12.1 Å². The summed E-state index contributed by atoms with van der Waals surface area (Å²) in [6, 6.07) is 14.6. The lowest BCUT2D eigenvalue weighted by atomic mass is 10.1. The molecule has 0 saturated carbocycles. The Balaban J connectivity index is 1.28. The number of carbonyl (C=O) groups is 2. The number of hydrogen-bond donors (Lipinski definition) is 1. The first-order valence-electron chi connectivity index (χ1n) is 9.18. The number of nitrogens with one attached hydrogen (secondary N) is 1. The molecule has 2 heterocycles. The largest absolute Gasteiger partial charge is 0.355 e. The summed E-state index contributed by atoms with van der Waals surface area (Å²) in [7, 11) is 0. The van der Waals surface area contributed by atoms with E-state index in [1.54, 1.807) is 4.90 Å². The van der Waals surface area contributed by atoms with E-state index in [2.05, 4.69) is 40.6 Å². The molecule has 6 heteroatoms. The third-order valence-corrected chi connectivity index (χ3v) is 5.65. The maximum Gasteiger partial charge on any atom is 0.228 e. The molecule has 2 amide bonds. The van der Waals surface area contributed by atoms with E-state index in [4.69, 9.17) is 0 Å². The molecule has 0 radical (unpaired) electrons. The fraction of sp³-hybridized carbons (Fsp3) is 0.286. The van der Waals surface area contributed by atoms with Gasteiger partial charge in [-0.2, -0.15) is 0 Å². The standard InChI is InChI=1S/C21H21N3O2S/c25-19(13-18-14-27-21(23-18)24-11-3-6-20(24)26)22-10-9-15-7-8-16-4-1-2-5-17(16)12-15/h1-2,4-5,7-8,12,14H,3,6,9-11,13H2,(H,22,25). The number of aromatic nitrogens is 1. The van der Waals surface area contributed by atoms with Gasteiger partial charge in [-0.05, 0) is 29.2 Å². The van der Waals surface area contributed by atoms with E-state index in [9.17, 15) is 9.59 Å². The topological polar surface area (TPSA) is 62.3 Å². The number of fused-ring (bicyclic) bond motifs is 1. The van der Waals surface area contributed by atoms with Crippen molar-refractivity contribution in [2.24, 2.45) is 0 Å². The van der Waals surface area contributed by atoms with Crippen molar-refractivity contribution < 1.29 is 9.59 Å². The van der Waals surface area contributed by atoms with Gasteiger partial charge in [0.1, 0.15) is 0 Å². The predicted molar refractivity (Wildman–Crippen MR) is 108 cm³/mol. The number of thiazole rings is 1. The normalized spacial score (nSPS) is 14.1. The third kappa shape index (κ3) is 4.17. The number of nitrogens with zero attached hydrogens (tertiary/aromatic N) is 2. The first kappa shape index (κ1) is 17.7. The number of hydrogen-bond acceptors (Lipinski definition) is 4. The zero-order valence-corrected chi connectivity index (χ0v) is 15.8. The second-order valence-corrected chi connectivity index (χ2v) is 7.57. The van der Waals surface area contributed by atoms with E-state index in [0.29, 0.717) is 18.1 Å². The Kier molecular flexibility index (Phi) is 5.16. The molecule has 1 aromatic heterocycles. The molecule has 1 aliphatic rings. The Bertz CT molecular complexity index is 982. The van der Waals surface area contributed by atoms with Gasteiger partial charge in [-0.15, -0.1) is 11.3 Å². The lowest BCUT2D eigenvalue weighted by Crippen LogP contribution is -2.27. The summed E-state index contributed by atoms with van der Waals surface area (Å²) in [5.74, 6) is 0.0797. The van der Waals surface area contributed by atoms with E-state index in [1.165, 1.54) is 27.7 Å². The van der Waals surface area contributed by atoms with Gasteiger partial charge in [-0.25, -0.2) is 4.98 Å². The van der Waals surface area contributed by atoms with Crippen LogP contribution in [-0.4, -0.2) is 29.9 Å². The molecule has 2 aromatic carbocycles. The van der Waals surface area contributed by atoms with Crippen LogP contribution in [0.1, 0.15) is 24.1 Å². The monoisotopic (exact) mass is 379 g/mol. The number of anilines is 1. The Morgan fingerprint density at radius 2 is 2.04 bits per heavy atom. The van der Waals surface area contributed by atoms with Crippen LogP contribution in [0.25, 0.3) is 10.8 Å². The van der Waals surface area contributed by atoms with Crippen LogP contribution in [0.5, 0.6) is 0 Å². The van der Waals surface area contributed by atoms with Gasteiger partial charge >= 0.3 is 0 Å². The highest BCUT2D eigenvalue weighted by Crippen LogP contribution is 2.25. The molecule has 0 bridgehead atoms. The zero-order chi connectivity index (χ0) is 18.6. The highest BCUT2D eigenvalue weighted by Gasteiger charge is 2.24. The minimum atomic E-state index is -0.0413. The molecule has 1 aliphatic heterocycles. The Hall–Kier alpha value is -2.73. The van der Waals surface area contributed by atoms with E-state index in [1.807, 2.05) is 17.5 Å². The number of benzene rings is 2. The molecule has 0 aliphatic carbocycles. The lowest BCUT2D eigenvalue weighted by molar-refractivity contribution is -0.120. The van der Waals surface area contributed by atoms with Crippen LogP contribution in [0.15, 0.2) is 47.8 Å². The molecule has 1 N–H and O–H groups in total. The van der Waals surface area contributed by atoms with E-state index >= 15 is 0 Å². The molecule has 1 fully saturated rings. The van der Waals surface area contributed by atoms with Crippen molar-refractivity contribution in [2.45, 2.75) is 25.7 Å². The van der Waals surface area contributed by atoms with Crippen LogP contribution < -0.4 is 10.2 Å². The van der Waals surface area contributed by atoms with E-state index in [0.717, 1.165) is 25.1 Å². The molecular formula is C21H21N3O2S. The molecule has 138 valence electrons. The zero-order valence-electron chi connectivity index (χ0n) is 15.0. The van der Waals surface area contributed by atoms with E-state index in [-0.39, 0.29) is 18.2 Å². The van der Waals surface area contributed by atoms with Crippen molar-refractivity contribution in [2.75, 3.05) is 18.0 Å². The molecule has 0 spiro atoms. The van der Waals surface area contributed by atoms with Crippen LogP contribution in [0, 0.1) is 0 Å². The first-order chi connectivity index (χ1) is 13.2. The van der Waals surface area contributed by atoms with Crippen molar-refractivity contribution >= 4 is 39.1 Å². The first-order valence-corrected chi connectivity index (χ1v) is 10.1. The van der Waals surface area contributed by atoms with Gasteiger partial charge in [-0.1, -0.05) is 42.5 Å². The van der Waals surface area contributed by atoms with Gasteiger partial charge in [0.25, 0.3) is 0 Å². The van der Waals surface area contributed by atoms with Crippen molar-refractivity contribution in [3.05, 3.63) is 59.1 Å². The second-order valence-electron chi connectivity index (χ2n) is 6.73. The Labute approximate surface area is 162 Å². The number of rotatable bonds is 6. The van der Waals surface area contributed by atoms with Crippen LogP contribution in [0.3, 0.4) is 0 Å². The van der Waals surface area contributed by atoms with Crippen LogP contribution in [0.2, 0.25) is 0 Å². The van der Waals surface area contributed by atoms with Gasteiger partial charge < -0.3 is 5.32 Å². The van der Waals surface area contributed by atoms with Crippen molar-refractivity contribution in [3.63, 3.8) is 0 Å². The number of amides is 2.